The highest BCUT2D eigenvalue weighted by molar-refractivity contribution is 5.81. The number of nitrogens with zero attached hydrogens (tertiary/aromatic N) is 2. The second-order valence-electron chi connectivity index (χ2n) is 6.30. The number of carbonyl (C=O) groups is 2. The van der Waals surface area contributed by atoms with E-state index in [-0.39, 0.29) is 25.3 Å². The second kappa shape index (κ2) is 6.66. The van der Waals surface area contributed by atoms with Crippen LogP contribution in [-0.4, -0.2) is 27.0 Å². The van der Waals surface area contributed by atoms with Gasteiger partial charge in [0.2, 0.25) is 5.91 Å². The zero-order valence-electron chi connectivity index (χ0n) is 14.0. The van der Waals surface area contributed by atoms with Crippen molar-refractivity contribution < 1.29 is 23.6 Å². The quantitative estimate of drug-likeness (QED) is 0.920. The molecule has 132 valence electrons. The summed E-state index contributed by atoms with van der Waals surface area (Å²) in [7, 11) is 0. The number of piperidine rings is 1. The minimum atomic E-state index is -0.967. The van der Waals surface area contributed by atoms with Crippen molar-refractivity contribution in [2.24, 2.45) is 5.92 Å². The number of benzene rings is 1. The first-order valence-corrected chi connectivity index (χ1v) is 8.08. The van der Waals surface area contributed by atoms with Crippen LogP contribution in [-0.2, 0) is 16.1 Å². The maximum Gasteiger partial charge on any atom is 0.308 e. The van der Waals surface area contributed by atoms with E-state index in [1.54, 1.807) is 18.7 Å². The Morgan fingerprint density at radius 2 is 2.04 bits per heavy atom. The number of aliphatic carboxylic acids is 1. The van der Waals surface area contributed by atoms with Crippen LogP contribution in [0, 0.1) is 25.6 Å². The van der Waals surface area contributed by atoms with Crippen LogP contribution in [0.5, 0.6) is 0 Å². The van der Waals surface area contributed by atoms with E-state index in [1.165, 1.54) is 24.3 Å². The standard InChI is InChI=1S/C18H19FN2O4/c1-10-15(11(2)25-20-10)9-21-16(22)8-7-14(18(23)24)17(21)12-3-5-13(19)6-4-12/h3-6,14,17H,7-9H2,1-2H3,(H,23,24)/t14-,17+/m1/s1. The Balaban J connectivity index is 2.02. The zero-order valence-corrected chi connectivity index (χ0v) is 14.0. The number of hydrogen-bond donors (Lipinski definition) is 1. The molecule has 6 nitrogen and oxygen atoms in total. The van der Waals surface area contributed by atoms with Crippen molar-refractivity contribution in [2.45, 2.75) is 39.3 Å². The van der Waals surface area contributed by atoms with Crippen molar-refractivity contribution in [3.05, 3.63) is 52.7 Å². The summed E-state index contributed by atoms with van der Waals surface area (Å²) < 4.78 is 18.4. The summed E-state index contributed by atoms with van der Waals surface area (Å²) in [6, 6.07) is 4.97. The molecule has 0 aliphatic carbocycles. The van der Waals surface area contributed by atoms with Crippen molar-refractivity contribution in [3.63, 3.8) is 0 Å². The van der Waals surface area contributed by atoms with E-state index in [0.29, 0.717) is 17.0 Å². The number of carbonyl (C=O) groups excluding carboxylic acids is 1. The Labute approximate surface area is 144 Å². The third-order valence-electron chi connectivity index (χ3n) is 4.74. The largest absolute Gasteiger partial charge is 0.481 e. The van der Waals surface area contributed by atoms with Gasteiger partial charge in [0.1, 0.15) is 11.6 Å². The summed E-state index contributed by atoms with van der Waals surface area (Å²) in [5.74, 6) is -1.66. The first-order valence-electron chi connectivity index (χ1n) is 8.08. The molecule has 0 bridgehead atoms. The fourth-order valence-electron chi connectivity index (χ4n) is 3.37. The lowest BCUT2D eigenvalue weighted by Gasteiger charge is -2.39. The normalized spacial score (nSPS) is 20.8. The minimum Gasteiger partial charge on any atom is -0.481 e. The van der Waals surface area contributed by atoms with Crippen molar-refractivity contribution in [1.29, 1.82) is 0 Å². The average molecular weight is 346 g/mol. The van der Waals surface area contributed by atoms with Gasteiger partial charge in [0.05, 0.1) is 24.2 Å². The van der Waals surface area contributed by atoms with Gasteiger partial charge in [0.15, 0.2) is 0 Å². The zero-order chi connectivity index (χ0) is 18.1. The van der Waals surface area contributed by atoms with Gasteiger partial charge in [-0.1, -0.05) is 17.3 Å². The molecule has 0 unspecified atom stereocenters. The maximum absolute atomic E-state index is 13.3. The summed E-state index contributed by atoms with van der Waals surface area (Å²) in [6.45, 7) is 3.75. The number of amides is 1. The van der Waals surface area contributed by atoms with Crippen LogP contribution < -0.4 is 0 Å². The van der Waals surface area contributed by atoms with Gasteiger partial charge >= 0.3 is 5.97 Å². The predicted molar refractivity (Wildman–Crippen MR) is 86.0 cm³/mol. The Morgan fingerprint density at radius 3 is 2.60 bits per heavy atom. The van der Waals surface area contributed by atoms with Gasteiger partial charge in [-0.25, -0.2) is 4.39 Å². The third kappa shape index (κ3) is 3.26. The van der Waals surface area contributed by atoms with Gasteiger partial charge in [0, 0.05) is 12.0 Å². The van der Waals surface area contributed by atoms with E-state index in [9.17, 15) is 19.1 Å². The van der Waals surface area contributed by atoms with Crippen LogP contribution in [0.2, 0.25) is 0 Å². The highest BCUT2D eigenvalue weighted by Crippen LogP contribution is 2.38. The van der Waals surface area contributed by atoms with Crippen LogP contribution >= 0.6 is 0 Å². The van der Waals surface area contributed by atoms with Gasteiger partial charge in [-0.15, -0.1) is 0 Å². The molecule has 1 saturated heterocycles. The molecule has 3 rings (SSSR count). The first-order chi connectivity index (χ1) is 11.9. The van der Waals surface area contributed by atoms with Gasteiger partial charge in [-0.3, -0.25) is 9.59 Å². The lowest BCUT2D eigenvalue weighted by atomic mass is 9.84. The molecule has 1 aromatic heterocycles. The summed E-state index contributed by atoms with van der Waals surface area (Å²) in [5, 5.41) is 13.5. The van der Waals surface area contributed by atoms with E-state index in [0.717, 1.165) is 5.56 Å². The molecular formula is C18H19FN2O4. The Kier molecular flexibility index (Phi) is 4.57. The number of likely N-dealkylation sites (tertiary alicyclic amines) is 1. The first kappa shape index (κ1) is 17.1. The molecule has 2 heterocycles. The molecule has 0 radical (unpaired) electrons. The monoisotopic (exact) mass is 346 g/mol. The second-order valence-corrected chi connectivity index (χ2v) is 6.30. The highest BCUT2D eigenvalue weighted by Gasteiger charge is 2.41. The molecule has 1 aliphatic heterocycles. The van der Waals surface area contributed by atoms with Crippen LogP contribution in [0.25, 0.3) is 0 Å². The molecule has 1 aliphatic rings. The Hall–Kier alpha value is -2.70. The SMILES string of the molecule is Cc1noc(C)c1CN1C(=O)CC[C@@H](C(=O)O)[C@@H]1c1ccc(F)cc1. The summed E-state index contributed by atoms with van der Waals surface area (Å²) >= 11 is 0. The molecule has 1 aromatic carbocycles. The molecule has 25 heavy (non-hydrogen) atoms. The fraction of sp³-hybridized carbons (Fsp3) is 0.389. The number of aromatic nitrogens is 1. The van der Waals surface area contributed by atoms with Crippen molar-refractivity contribution in [3.8, 4) is 0 Å². The van der Waals surface area contributed by atoms with Crippen molar-refractivity contribution in [2.75, 3.05) is 0 Å². The van der Waals surface area contributed by atoms with E-state index in [2.05, 4.69) is 5.16 Å². The summed E-state index contributed by atoms with van der Waals surface area (Å²) in [6.07, 6.45) is 0.423. The molecule has 2 atom stereocenters. The summed E-state index contributed by atoms with van der Waals surface area (Å²) in [4.78, 5) is 25.9. The lowest BCUT2D eigenvalue weighted by Crippen LogP contribution is -2.45. The number of rotatable bonds is 4. The van der Waals surface area contributed by atoms with Gasteiger partial charge in [-0.05, 0) is 38.0 Å². The molecule has 7 heteroatoms. The van der Waals surface area contributed by atoms with Crippen LogP contribution in [0.15, 0.2) is 28.8 Å². The molecule has 2 aromatic rings. The predicted octanol–water partition coefficient (Wildman–Crippen LogP) is 3.00. The number of carboxylic acid groups (broad SMARTS) is 1. The molecular weight excluding hydrogens is 327 g/mol. The fourth-order valence-corrected chi connectivity index (χ4v) is 3.37. The van der Waals surface area contributed by atoms with E-state index in [4.69, 9.17) is 4.52 Å². The van der Waals surface area contributed by atoms with Crippen LogP contribution in [0.1, 0.15) is 41.5 Å². The van der Waals surface area contributed by atoms with Crippen LogP contribution in [0.3, 0.4) is 0 Å². The van der Waals surface area contributed by atoms with E-state index in [1.807, 2.05) is 0 Å². The Morgan fingerprint density at radius 1 is 1.36 bits per heavy atom. The third-order valence-corrected chi connectivity index (χ3v) is 4.74. The number of halogens is 1. The average Bonchev–Trinajstić information content (AvgIpc) is 2.89. The van der Waals surface area contributed by atoms with Crippen LogP contribution in [0.4, 0.5) is 4.39 Å². The Bertz CT molecular complexity index is 780. The molecule has 0 saturated carbocycles. The van der Waals surface area contributed by atoms with Crippen molar-refractivity contribution in [1.82, 2.24) is 10.1 Å². The summed E-state index contributed by atoms with van der Waals surface area (Å²) in [5.41, 5.74) is 2.04. The smallest absolute Gasteiger partial charge is 0.308 e. The molecule has 1 fully saturated rings. The van der Waals surface area contributed by atoms with Gasteiger partial charge in [-0.2, -0.15) is 0 Å². The minimum absolute atomic E-state index is 0.133. The van der Waals surface area contributed by atoms with Gasteiger partial charge in [0.25, 0.3) is 0 Å². The number of hydrogen-bond acceptors (Lipinski definition) is 4. The number of aryl methyl sites for hydroxylation is 2. The maximum atomic E-state index is 13.3. The van der Waals surface area contributed by atoms with Gasteiger partial charge < -0.3 is 14.5 Å². The molecule has 1 N–H and O–H groups in total. The molecule has 0 spiro atoms. The number of carboxylic acids is 1. The topological polar surface area (TPSA) is 83.6 Å². The van der Waals surface area contributed by atoms with E-state index >= 15 is 0 Å². The lowest BCUT2D eigenvalue weighted by molar-refractivity contribution is -0.152. The van der Waals surface area contributed by atoms with E-state index < -0.39 is 23.7 Å². The van der Waals surface area contributed by atoms with Crippen molar-refractivity contribution >= 4 is 11.9 Å². The highest BCUT2D eigenvalue weighted by atomic mass is 19.1. The molecule has 1 amide bonds.